The van der Waals surface area contributed by atoms with E-state index in [1.54, 1.807) is 51.2 Å². The average molecular weight is 947 g/mol. The van der Waals surface area contributed by atoms with Gasteiger partial charge in [0.15, 0.2) is 5.78 Å². The largest absolute Gasteiger partial charge is 0.461 e. The molecule has 2 aromatic carbocycles. The third kappa shape index (κ3) is 20.8. The predicted molar refractivity (Wildman–Crippen MR) is 255 cm³/mol. The second-order valence-electron chi connectivity index (χ2n) is 17.3. The molecule has 0 bridgehead atoms. The van der Waals surface area contributed by atoms with Gasteiger partial charge < -0.3 is 57.6 Å². The summed E-state index contributed by atoms with van der Waals surface area (Å²) < 4.78 is 5.30. The Bertz CT molecular complexity index is 2170. The first kappa shape index (κ1) is 55.5. The van der Waals surface area contributed by atoms with Crippen molar-refractivity contribution in [1.82, 2.24) is 47.1 Å². The van der Waals surface area contributed by atoms with E-state index in [-0.39, 0.29) is 101 Å². The Balaban J connectivity index is 1.56. The van der Waals surface area contributed by atoms with Gasteiger partial charge in [0.2, 0.25) is 35.4 Å². The summed E-state index contributed by atoms with van der Waals surface area (Å²) in [4.78, 5) is 119. The van der Waals surface area contributed by atoms with E-state index < -0.39 is 53.7 Å². The van der Waals surface area contributed by atoms with Crippen molar-refractivity contribution in [3.8, 4) is 0 Å². The molecular formula is C48H70N10O10. The molecule has 3 aromatic rings. The van der Waals surface area contributed by atoms with Crippen molar-refractivity contribution in [3.05, 3.63) is 71.4 Å². The van der Waals surface area contributed by atoms with Crippen LogP contribution in [-0.2, 0) is 62.5 Å². The number of benzene rings is 2. The molecule has 0 saturated carbocycles. The molecule has 0 aliphatic rings. The average Bonchev–Trinajstić information content (AvgIpc) is 3.70. The zero-order chi connectivity index (χ0) is 50.2. The molecule has 1 heterocycles. The molecule has 0 aliphatic carbocycles. The van der Waals surface area contributed by atoms with Crippen molar-refractivity contribution in [2.75, 3.05) is 39.8 Å². The lowest BCUT2D eigenvalue weighted by Crippen LogP contribution is -2.52. The molecule has 0 saturated heterocycles. The Kier molecular flexibility index (Phi) is 23.7. The van der Waals surface area contributed by atoms with Crippen LogP contribution in [0.3, 0.4) is 0 Å². The number of hydrogen-bond acceptors (Lipinski definition) is 11. The Morgan fingerprint density at radius 2 is 1.38 bits per heavy atom. The summed E-state index contributed by atoms with van der Waals surface area (Å²) in [7, 11) is 1.44. The highest BCUT2D eigenvalue weighted by Crippen LogP contribution is 2.20. The first-order chi connectivity index (χ1) is 32.3. The summed E-state index contributed by atoms with van der Waals surface area (Å²) in [6, 6.07) is 11.1. The van der Waals surface area contributed by atoms with E-state index in [0.29, 0.717) is 25.1 Å². The zero-order valence-corrected chi connectivity index (χ0v) is 40.1. The van der Waals surface area contributed by atoms with Crippen LogP contribution in [-0.4, -0.2) is 127 Å². The zero-order valence-electron chi connectivity index (χ0n) is 40.1. The van der Waals surface area contributed by atoms with Gasteiger partial charge in [-0.15, -0.1) is 0 Å². The van der Waals surface area contributed by atoms with Gasteiger partial charge in [-0.1, -0.05) is 70.2 Å². The fourth-order valence-corrected chi connectivity index (χ4v) is 6.85. The smallest absolute Gasteiger partial charge is 0.312 e. The number of hydrogen-bond donors (Lipinski definition) is 9. The molecule has 10 N–H and O–H groups in total. The number of para-hydroxylation sites is 1. The van der Waals surface area contributed by atoms with Crippen LogP contribution in [0.2, 0.25) is 0 Å². The summed E-state index contributed by atoms with van der Waals surface area (Å²) >= 11 is 0. The van der Waals surface area contributed by atoms with E-state index in [1.807, 2.05) is 38.1 Å². The molecule has 1 aromatic heterocycles. The molecule has 0 unspecified atom stereocenters. The maximum Gasteiger partial charge on any atom is 0.312 e. The summed E-state index contributed by atoms with van der Waals surface area (Å²) in [6.07, 6.45) is 2.13. The number of likely N-dealkylation sites (N-methyl/N-ethyl adjacent to an activating group) is 1. The highest BCUT2D eigenvalue weighted by Gasteiger charge is 2.28. The van der Waals surface area contributed by atoms with Gasteiger partial charge in [-0.25, -0.2) is 4.79 Å². The maximum absolute atomic E-state index is 14.1. The molecule has 20 heteroatoms. The lowest BCUT2D eigenvalue weighted by atomic mass is 9.98. The van der Waals surface area contributed by atoms with Crippen molar-refractivity contribution < 1.29 is 47.9 Å². The number of urea groups is 1. The minimum atomic E-state index is -1.12. The number of nitrogens with zero attached hydrogens (tertiary/aromatic N) is 1. The van der Waals surface area contributed by atoms with Gasteiger partial charge >= 0.3 is 12.0 Å². The number of carbonyl (C=O) groups excluding carboxylic acids is 9. The number of nitrogens with one attached hydrogen (secondary N) is 8. The van der Waals surface area contributed by atoms with Crippen LogP contribution in [0.4, 0.5) is 4.79 Å². The minimum absolute atomic E-state index is 0.00867. The second-order valence-corrected chi connectivity index (χ2v) is 17.3. The highest BCUT2D eigenvalue weighted by molar-refractivity contribution is 5.95. The summed E-state index contributed by atoms with van der Waals surface area (Å²) in [6.45, 7) is 9.93. The first-order valence-electron chi connectivity index (χ1n) is 23.1. The van der Waals surface area contributed by atoms with Crippen molar-refractivity contribution >= 4 is 64.1 Å². The van der Waals surface area contributed by atoms with Crippen LogP contribution in [0, 0.1) is 5.92 Å². The van der Waals surface area contributed by atoms with Gasteiger partial charge in [-0.2, -0.15) is 0 Å². The number of primary amides is 1. The monoisotopic (exact) mass is 947 g/mol. The second kappa shape index (κ2) is 29.0. The van der Waals surface area contributed by atoms with Crippen LogP contribution >= 0.6 is 0 Å². The van der Waals surface area contributed by atoms with Crippen LogP contribution < -0.4 is 43.0 Å². The van der Waals surface area contributed by atoms with Gasteiger partial charge in [-0.05, 0) is 48.9 Å². The Morgan fingerprint density at radius 3 is 2.07 bits per heavy atom. The van der Waals surface area contributed by atoms with Crippen LogP contribution in [0.5, 0.6) is 0 Å². The molecule has 0 fully saturated rings. The molecule has 3 atom stereocenters. The van der Waals surface area contributed by atoms with E-state index in [2.05, 4.69) is 42.2 Å². The molecule has 68 heavy (non-hydrogen) atoms. The minimum Gasteiger partial charge on any atom is -0.461 e. The Morgan fingerprint density at radius 1 is 0.691 bits per heavy atom. The standard InChI is InChI=1S/C48H70N10O10/c1-30(2)47(66)68-29-34-18-16-33(17-19-34)25-40(59)38(13-10-21-53-48(49)67)57-46(65)39(26-35-27-54-37-12-8-7-11-36(35)37)56-42(61)15-9-14-41(60)51-22-20-44(63)58(6)28-43(62)55-32(5)45(64)52-24-23-50-31(3)4/h7-8,11-12,16-19,27,30-32,38-39,50,54H,9-10,13-15,20-26,28-29H2,1-6H3,(H,51,60)(H,52,64)(H,55,62)(H,56,61)(H,57,65)(H3,49,53,67)/t32-,38-,39-/m0/s1. The lowest BCUT2D eigenvalue weighted by Gasteiger charge is -2.23. The Hall–Kier alpha value is -6.83. The SMILES string of the molecule is CC(C)NCCNC(=O)[C@H](C)NC(=O)CN(C)C(=O)CCNC(=O)CCCC(=O)N[C@@H](Cc1c[nH]c2ccccc12)C(=O)N[C@@H](CCCNC(N)=O)C(=O)Cc1ccc(COC(=O)C(C)C)cc1. The van der Waals surface area contributed by atoms with Gasteiger partial charge in [-0.3, -0.25) is 38.4 Å². The highest BCUT2D eigenvalue weighted by atomic mass is 16.5. The summed E-state index contributed by atoms with van der Waals surface area (Å²) in [5.74, 6) is -3.70. The normalized spacial score (nSPS) is 12.4. The number of H-pyrrole nitrogens is 1. The number of nitrogens with two attached hydrogens (primary N) is 1. The fourth-order valence-electron chi connectivity index (χ4n) is 6.85. The van der Waals surface area contributed by atoms with Crippen LogP contribution in [0.15, 0.2) is 54.7 Å². The van der Waals surface area contributed by atoms with Gasteiger partial charge in [0.1, 0.15) is 18.7 Å². The molecule has 0 spiro atoms. The molecule has 8 amide bonds. The fraction of sp³-hybridized carbons (Fsp3) is 0.521. The molecular weight excluding hydrogens is 877 g/mol. The van der Waals surface area contributed by atoms with Gasteiger partial charge in [0, 0.05) is 88.5 Å². The number of esters is 1. The molecule has 0 aliphatic heterocycles. The lowest BCUT2D eigenvalue weighted by molar-refractivity contribution is -0.148. The number of ketones is 1. The number of aromatic nitrogens is 1. The van der Waals surface area contributed by atoms with Crippen molar-refractivity contribution in [1.29, 1.82) is 0 Å². The number of amides is 8. The van der Waals surface area contributed by atoms with Gasteiger partial charge in [0.05, 0.1) is 18.5 Å². The number of rotatable bonds is 30. The number of carbonyl (C=O) groups is 9. The topological polar surface area (TPSA) is 292 Å². The summed E-state index contributed by atoms with van der Waals surface area (Å²) in [5, 5.41) is 20.1. The predicted octanol–water partition coefficient (Wildman–Crippen LogP) is 1.39. The van der Waals surface area contributed by atoms with E-state index in [9.17, 15) is 43.2 Å². The quantitative estimate of drug-likeness (QED) is 0.0340. The molecule has 20 nitrogen and oxygen atoms in total. The third-order valence-corrected chi connectivity index (χ3v) is 10.7. The van der Waals surface area contributed by atoms with Crippen molar-refractivity contribution in [2.45, 2.75) is 117 Å². The van der Waals surface area contributed by atoms with E-state index >= 15 is 0 Å². The number of aromatic amines is 1. The number of Topliss-reactive ketones (excluding diaryl/α,β-unsaturated/α-hetero) is 1. The van der Waals surface area contributed by atoms with E-state index in [0.717, 1.165) is 22.0 Å². The van der Waals surface area contributed by atoms with E-state index in [4.69, 9.17) is 10.5 Å². The Labute approximate surface area is 397 Å². The number of fused-ring (bicyclic) bond motifs is 1. The maximum atomic E-state index is 14.1. The molecule has 0 radical (unpaired) electrons. The van der Waals surface area contributed by atoms with Crippen LogP contribution in [0.25, 0.3) is 10.9 Å². The van der Waals surface area contributed by atoms with Gasteiger partial charge in [0.25, 0.3) is 0 Å². The van der Waals surface area contributed by atoms with Crippen LogP contribution in [0.1, 0.15) is 89.8 Å². The van der Waals surface area contributed by atoms with E-state index in [1.165, 1.54) is 11.9 Å². The number of ether oxygens (including phenoxy) is 1. The first-order valence-corrected chi connectivity index (χ1v) is 23.1. The van der Waals surface area contributed by atoms with Crippen molar-refractivity contribution in [3.63, 3.8) is 0 Å². The van der Waals surface area contributed by atoms with Crippen molar-refractivity contribution in [2.24, 2.45) is 11.7 Å². The summed E-state index contributed by atoms with van der Waals surface area (Å²) in [5.41, 5.74) is 8.21. The molecule has 372 valence electrons. The third-order valence-electron chi connectivity index (χ3n) is 10.7. The molecule has 3 rings (SSSR count).